The van der Waals surface area contributed by atoms with Gasteiger partial charge in [0.05, 0.1) is 4.90 Å². The van der Waals surface area contributed by atoms with Gasteiger partial charge in [-0.1, -0.05) is 24.6 Å². The number of amides is 1. The SMILES string of the molecule is CCC(=O)N1CCC(NS(=O)(=O)c2ccc(C)cc2)CC1. The minimum absolute atomic E-state index is 0.0998. The van der Waals surface area contributed by atoms with Crippen molar-refractivity contribution in [1.29, 1.82) is 0 Å². The summed E-state index contributed by atoms with van der Waals surface area (Å²) in [5.74, 6) is 0.134. The number of carbonyl (C=O) groups excluding carboxylic acids is 1. The van der Waals surface area contributed by atoms with Gasteiger partial charge in [0.2, 0.25) is 15.9 Å². The zero-order valence-electron chi connectivity index (χ0n) is 12.5. The Morgan fingerprint density at radius 1 is 1.24 bits per heavy atom. The Labute approximate surface area is 126 Å². The summed E-state index contributed by atoms with van der Waals surface area (Å²) in [5, 5.41) is 0. The molecule has 0 aromatic heterocycles. The highest BCUT2D eigenvalue weighted by atomic mass is 32.2. The smallest absolute Gasteiger partial charge is 0.240 e. The highest BCUT2D eigenvalue weighted by molar-refractivity contribution is 7.89. The van der Waals surface area contributed by atoms with Crippen molar-refractivity contribution in [3.05, 3.63) is 29.8 Å². The number of nitrogens with zero attached hydrogens (tertiary/aromatic N) is 1. The van der Waals surface area contributed by atoms with Gasteiger partial charge in [-0.05, 0) is 31.9 Å². The van der Waals surface area contributed by atoms with E-state index < -0.39 is 10.0 Å². The van der Waals surface area contributed by atoms with E-state index in [1.54, 1.807) is 29.2 Å². The summed E-state index contributed by atoms with van der Waals surface area (Å²) in [5.41, 5.74) is 1.03. The van der Waals surface area contributed by atoms with E-state index in [0.29, 0.717) is 37.2 Å². The molecule has 1 heterocycles. The van der Waals surface area contributed by atoms with Crippen molar-refractivity contribution in [3.8, 4) is 0 Å². The Kier molecular flexibility index (Phi) is 5.00. The molecular weight excluding hydrogens is 288 g/mol. The van der Waals surface area contributed by atoms with E-state index in [1.807, 2.05) is 13.8 Å². The van der Waals surface area contributed by atoms with E-state index in [1.165, 1.54) is 0 Å². The van der Waals surface area contributed by atoms with Gasteiger partial charge in [0.1, 0.15) is 0 Å². The number of likely N-dealkylation sites (tertiary alicyclic amines) is 1. The van der Waals surface area contributed by atoms with Gasteiger partial charge in [0.15, 0.2) is 0 Å². The standard InChI is InChI=1S/C15H22N2O3S/c1-3-15(18)17-10-8-13(9-11-17)16-21(19,20)14-6-4-12(2)5-7-14/h4-7,13,16H,3,8-11H2,1-2H3. The van der Waals surface area contributed by atoms with Crippen molar-refractivity contribution in [2.45, 2.75) is 44.0 Å². The fourth-order valence-electron chi connectivity index (χ4n) is 2.48. The molecular formula is C15H22N2O3S. The number of hydrogen-bond donors (Lipinski definition) is 1. The predicted octanol–water partition coefficient (Wildman–Crippen LogP) is 1.67. The number of benzene rings is 1. The number of aryl methyl sites for hydroxylation is 1. The number of sulfonamides is 1. The molecule has 2 rings (SSSR count). The van der Waals surface area contributed by atoms with Gasteiger partial charge in [-0.2, -0.15) is 0 Å². The van der Waals surface area contributed by atoms with Crippen LogP contribution in [0.2, 0.25) is 0 Å². The van der Waals surface area contributed by atoms with Gasteiger partial charge in [-0.15, -0.1) is 0 Å². The van der Waals surface area contributed by atoms with Crippen LogP contribution in [0.3, 0.4) is 0 Å². The van der Waals surface area contributed by atoms with E-state index in [2.05, 4.69) is 4.72 Å². The van der Waals surface area contributed by atoms with Gasteiger partial charge < -0.3 is 4.90 Å². The van der Waals surface area contributed by atoms with Crippen LogP contribution in [0.25, 0.3) is 0 Å². The van der Waals surface area contributed by atoms with Crippen LogP contribution in [0.15, 0.2) is 29.2 Å². The van der Waals surface area contributed by atoms with Crippen LogP contribution < -0.4 is 4.72 Å². The minimum Gasteiger partial charge on any atom is -0.343 e. The molecule has 1 saturated heterocycles. The summed E-state index contributed by atoms with van der Waals surface area (Å²) in [6.45, 7) is 5.00. The second-order valence-corrected chi connectivity index (χ2v) is 7.16. The zero-order valence-corrected chi connectivity index (χ0v) is 13.3. The molecule has 0 saturated carbocycles. The minimum atomic E-state index is -3.47. The monoisotopic (exact) mass is 310 g/mol. The van der Waals surface area contributed by atoms with E-state index in [0.717, 1.165) is 5.56 Å². The predicted molar refractivity (Wildman–Crippen MR) is 81.4 cm³/mol. The topological polar surface area (TPSA) is 66.5 Å². The number of hydrogen-bond acceptors (Lipinski definition) is 3. The average molecular weight is 310 g/mol. The molecule has 1 amide bonds. The molecule has 0 atom stereocenters. The third kappa shape index (κ3) is 4.04. The molecule has 0 spiro atoms. The number of carbonyl (C=O) groups is 1. The fourth-order valence-corrected chi connectivity index (χ4v) is 3.78. The molecule has 1 aromatic rings. The van der Waals surface area contributed by atoms with Gasteiger partial charge in [0, 0.05) is 25.6 Å². The lowest BCUT2D eigenvalue weighted by molar-refractivity contribution is -0.131. The van der Waals surface area contributed by atoms with E-state index in [9.17, 15) is 13.2 Å². The lowest BCUT2D eigenvalue weighted by atomic mass is 10.1. The molecule has 116 valence electrons. The van der Waals surface area contributed by atoms with Gasteiger partial charge in [-0.3, -0.25) is 4.79 Å². The van der Waals surface area contributed by atoms with Crippen LogP contribution in [0.5, 0.6) is 0 Å². The molecule has 1 aromatic carbocycles. The Hall–Kier alpha value is -1.40. The van der Waals surface area contributed by atoms with Crippen LogP contribution in [0.1, 0.15) is 31.7 Å². The van der Waals surface area contributed by atoms with Gasteiger partial charge in [-0.25, -0.2) is 13.1 Å². The van der Waals surface area contributed by atoms with Crippen molar-refractivity contribution < 1.29 is 13.2 Å². The van der Waals surface area contributed by atoms with Crippen LogP contribution >= 0.6 is 0 Å². The molecule has 1 aliphatic heterocycles. The molecule has 1 N–H and O–H groups in total. The molecule has 0 aliphatic carbocycles. The summed E-state index contributed by atoms with van der Waals surface area (Å²) < 4.78 is 27.3. The summed E-state index contributed by atoms with van der Waals surface area (Å²) in [7, 11) is -3.47. The molecule has 1 fully saturated rings. The summed E-state index contributed by atoms with van der Waals surface area (Å²) in [4.78, 5) is 13.7. The molecule has 5 nitrogen and oxygen atoms in total. The summed E-state index contributed by atoms with van der Waals surface area (Å²) >= 11 is 0. The zero-order chi connectivity index (χ0) is 15.5. The Balaban J connectivity index is 1.96. The fraction of sp³-hybridized carbons (Fsp3) is 0.533. The Morgan fingerprint density at radius 2 is 1.81 bits per heavy atom. The summed E-state index contributed by atoms with van der Waals surface area (Å²) in [6.07, 6.45) is 1.83. The summed E-state index contributed by atoms with van der Waals surface area (Å²) in [6, 6.07) is 6.71. The Morgan fingerprint density at radius 3 is 2.33 bits per heavy atom. The molecule has 6 heteroatoms. The van der Waals surface area contributed by atoms with Crippen molar-refractivity contribution in [2.75, 3.05) is 13.1 Å². The van der Waals surface area contributed by atoms with E-state index in [-0.39, 0.29) is 11.9 Å². The van der Waals surface area contributed by atoms with E-state index in [4.69, 9.17) is 0 Å². The quantitative estimate of drug-likeness (QED) is 0.920. The second kappa shape index (κ2) is 6.58. The molecule has 21 heavy (non-hydrogen) atoms. The first-order valence-corrected chi connectivity index (χ1v) is 8.77. The number of rotatable bonds is 4. The maximum absolute atomic E-state index is 12.3. The highest BCUT2D eigenvalue weighted by Gasteiger charge is 2.25. The van der Waals surface area contributed by atoms with Gasteiger partial charge >= 0.3 is 0 Å². The van der Waals surface area contributed by atoms with Gasteiger partial charge in [0.25, 0.3) is 0 Å². The third-order valence-electron chi connectivity index (χ3n) is 3.80. The third-order valence-corrected chi connectivity index (χ3v) is 5.34. The van der Waals surface area contributed by atoms with Crippen molar-refractivity contribution in [2.24, 2.45) is 0 Å². The van der Waals surface area contributed by atoms with Crippen molar-refractivity contribution >= 4 is 15.9 Å². The largest absolute Gasteiger partial charge is 0.343 e. The lowest BCUT2D eigenvalue weighted by Gasteiger charge is -2.32. The second-order valence-electron chi connectivity index (χ2n) is 5.44. The molecule has 0 radical (unpaired) electrons. The van der Waals surface area contributed by atoms with Crippen LogP contribution in [-0.4, -0.2) is 38.4 Å². The first-order chi connectivity index (χ1) is 9.92. The van der Waals surface area contributed by atoms with Crippen LogP contribution in [0.4, 0.5) is 0 Å². The average Bonchev–Trinajstić information content (AvgIpc) is 2.47. The maximum Gasteiger partial charge on any atom is 0.240 e. The first-order valence-electron chi connectivity index (χ1n) is 7.29. The Bertz CT molecular complexity index is 588. The normalized spacial score (nSPS) is 17.0. The lowest BCUT2D eigenvalue weighted by Crippen LogP contribution is -2.46. The van der Waals surface area contributed by atoms with Crippen molar-refractivity contribution in [1.82, 2.24) is 9.62 Å². The highest BCUT2D eigenvalue weighted by Crippen LogP contribution is 2.16. The maximum atomic E-state index is 12.3. The molecule has 0 unspecified atom stereocenters. The van der Waals surface area contributed by atoms with Crippen molar-refractivity contribution in [3.63, 3.8) is 0 Å². The van der Waals surface area contributed by atoms with Crippen LogP contribution in [0, 0.1) is 6.92 Å². The molecule has 1 aliphatic rings. The first kappa shape index (κ1) is 16.0. The number of nitrogens with one attached hydrogen (secondary N) is 1. The van der Waals surface area contributed by atoms with E-state index >= 15 is 0 Å². The molecule has 0 bridgehead atoms. The number of piperidine rings is 1. The van der Waals surface area contributed by atoms with Crippen LogP contribution in [-0.2, 0) is 14.8 Å².